The Morgan fingerprint density at radius 3 is 2.77 bits per heavy atom. The average molecular weight is 295 g/mol. The molecule has 1 aliphatic rings. The van der Waals surface area contributed by atoms with Crippen molar-refractivity contribution in [3.63, 3.8) is 0 Å². The van der Waals surface area contributed by atoms with E-state index in [2.05, 4.69) is 16.3 Å². The van der Waals surface area contributed by atoms with Gasteiger partial charge in [0, 0.05) is 32.2 Å². The zero-order chi connectivity index (χ0) is 15.4. The van der Waals surface area contributed by atoms with E-state index in [4.69, 9.17) is 5.26 Å². The van der Waals surface area contributed by atoms with Gasteiger partial charge in [-0.15, -0.1) is 0 Å². The summed E-state index contributed by atoms with van der Waals surface area (Å²) in [5.74, 6) is -0.193. The highest BCUT2D eigenvalue weighted by atomic mass is 19.1. The van der Waals surface area contributed by atoms with Gasteiger partial charge in [0.2, 0.25) is 0 Å². The molecular weight excluding hydrogens is 277 g/mol. The summed E-state index contributed by atoms with van der Waals surface area (Å²) >= 11 is 0. The van der Waals surface area contributed by atoms with E-state index in [1.54, 1.807) is 12.1 Å². The molecule has 1 heterocycles. The molecule has 1 fully saturated rings. The van der Waals surface area contributed by atoms with Crippen molar-refractivity contribution in [2.75, 3.05) is 19.6 Å². The summed E-state index contributed by atoms with van der Waals surface area (Å²) in [5, 5.41) is 12.2. The van der Waals surface area contributed by atoms with Crippen molar-refractivity contribution < 1.29 is 4.39 Å². The lowest BCUT2D eigenvalue weighted by atomic mass is 10.0. The fourth-order valence-corrected chi connectivity index (χ4v) is 2.90. The van der Waals surface area contributed by atoms with E-state index in [-0.39, 0.29) is 11.9 Å². The molecule has 0 saturated carbocycles. The topological polar surface area (TPSA) is 39.1 Å². The zero-order valence-electron chi connectivity index (χ0n) is 12.3. The Balaban J connectivity index is 1.79. The summed E-state index contributed by atoms with van der Waals surface area (Å²) in [6.07, 6.45) is 0. The number of nitriles is 1. The van der Waals surface area contributed by atoms with Gasteiger partial charge in [0.05, 0.1) is 11.6 Å². The van der Waals surface area contributed by atoms with Crippen molar-refractivity contribution in [3.8, 4) is 6.07 Å². The molecule has 4 heteroatoms. The molecule has 0 bridgehead atoms. The van der Waals surface area contributed by atoms with Crippen LogP contribution in [0, 0.1) is 17.1 Å². The Kier molecular flexibility index (Phi) is 4.47. The summed E-state index contributed by atoms with van der Waals surface area (Å²) in [5.41, 5.74) is 2.84. The van der Waals surface area contributed by atoms with Crippen LogP contribution >= 0.6 is 0 Å². The molecule has 0 radical (unpaired) electrons. The molecule has 112 valence electrons. The van der Waals surface area contributed by atoms with Crippen LogP contribution in [0.2, 0.25) is 0 Å². The summed E-state index contributed by atoms with van der Waals surface area (Å²) in [6.45, 7) is 3.47. The smallest absolute Gasteiger partial charge is 0.123 e. The van der Waals surface area contributed by atoms with Crippen LogP contribution < -0.4 is 5.32 Å². The van der Waals surface area contributed by atoms with E-state index in [1.165, 1.54) is 11.6 Å². The Morgan fingerprint density at radius 2 is 2.05 bits per heavy atom. The standard InChI is InChI=1S/C18H18FN3/c19-17-3-1-2-16(10-17)18-12-21-8-9-22(18)13-15-6-4-14(11-20)5-7-15/h1-7,10,18,21H,8-9,12-13H2. The molecule has 3 rings (SSSR count). The van der Waals surface area contributed by atoms with Crippen molar-refractivity contribution >= 4 is 0 Å². The van der Waals surface area contributed by atoms with Crippen molar-refractivity contribution in [2.45, 2.75) is 12.6 Å². The number of rotatable bonds is 3. The van der Waals surface area contributed by atoms with Gasteiger partial charge in [-0.05, 0) is 35.4 Å². The number of benzene rings is 2. The van der Waals surface area contributed by atoms with Gasteiger partial charge in [-0.2, -0.15) is 5.26 Å². The Labute approximate surface area is 130 Å². The number of nitrogens with one attached hydrogen (secondary N) is 1. The Hall–Kier alpha value is -2.22. The molecular formula is C18H18FN3. The van der Waals surface area contributed by atoms with Gasteiger partial charge in [0.15, 0.2) is 0 Å². The molecule has 1 atom stereocenters. The number of nitrogens with zero attached hydrogens (tertiary/aromatic N) is 2. The zero-order valence-corrected chi connectivity index (χ0v) is 12.3. The van der Waals surface area contributed by atoms with Crippen molar-refractivity contribution in [3.05, 3.63) is 71.0 Å². The number of piperazine rings is 1. The predicted molar refractivity (Wildman–Crippen MR) is 83.6 cm³/mol. The van der Waals surface area contributed by atoms with Crippen LogP contribution in [0.15, 0.2) is 48.5 Å². The molecule has 0 spiro atoms. The lowest BCUT2D eigenvalue weighted by Gasteiger charge is -2.36. The molecule has 1 aliphatic heterocycles. The summed E-state index contributed by atoms with van der Waals surface area (Å²) in [6, 6.07) is 16.8. The number of hydrogen-bond acceptors (Lipinski definition) is 3. The summed E-state index contributed by atoms with van der Waals surface area (Å²) in [4.78, 5) is 2.35. The minimum atomic E-state index is -0.193. The first-order chi connectivity index (χ1) is 10.8. The molecule has 1 saturated heterocycles. The second kappa shape index (κ2) is 6.69. The van der Waals surface area contributed by atoms with Crippen LogP contribution in [0.4, 0.5) is 4.39 Å². The molecule has 22 heavy (non-hydrogen) atoms. The van der Waals surface area contributed by atoms with Gasteiger partial charge in [0.1, 0.15) is 5.82 Å². The van der Waals surface area contributed by atoms with Crippen LogP contribution in [0.3, 0.4) is 0 Å². The molecule has 0 amide bonds. The van der Waals surface area contributed by atoms with Crippen LogP contribution in [0.1, 0.15) is 22.7 Å². The third-order valence-electron chi connectivity index (χ3n) is 4.06. The lowest BCUT2D eigenvalue weighted by molar-refractivity contribution is 0.153. The maximum atomic E-state index is 13.5. The second-order valence-corrected chi connectivity index (χ2v) is 5.55. The van der Waals surface area contributed by atoms with E-state index < -0.39 is 0 Å². The molecule has 2 aromatic rings. The largest absolute Gasteiger partial charge is 0.314 e. The minimum Gasteiger partial charge on any atom is -0.314 e. The number of hydrogen-bond donors (Lipinski definition) is 1. The van der Waals surface area contributed by atoms with Gasteiger partial charge in [0.25, 0.3) is 0 Å². The van der Waals surface area contributed by atoms with Crippen molar-refractivity contribution in [1.82, 2.24) is 10.2 Å². The first kappa shape index (κ1) is 14.7. The number of halogens is 1. The Morgan fingerprint density at radius 1 is 1.23 bits per heavy atom. The maximum Gasteiger partial charge on any atom is 0.123 e. The highest BCUT2D eigenvalue weighted by Gasteiger charge is 2.23. The van der Waals surface area contributed by atoms with Gasteiger partial charge >= 0.3 is 0 Å². The van der Waals surface area contributed by atoms with Gasteiger partial charge in [-0.1, -0.05) is 24.3 Å². The minimum absolute atomic E-state index is 0.167. The van der Waals surface area contributed by atoms with Crippen LogP contribution in [-0.4, -0.2) is 24.5 Å². The molecule has 0 aromatic heterocycles. The predicted octanol–water partition coefficient (Wildman–Crippen LogP) is 2.84. The molecule has 0 aliphatic carbocycles. The highest BCUT2D eigenvalue weighted by Crippen LogP contribution is 2.24. The highest BCUT2D eigenvalue weighted by molar-refractivity contribution is 5.31. The maximum absolute atomic E-state index is 13.5. The average Bonchev–Trinajstić information content (AvgIpc) is 2.56. The molecule has 1 unspecified atom stereocenters. The summed E-state index contributed by atoms with van der Waals surface area (Å²) in [7, 11) is 0. The van der Waals surface area contributed by atoms with Gasteiger partial charge in [-0.25, -0.2) is 4.39 Å². The van der Waals surface area contributed by atoms with E-state index in [0.29, 0.717) is 5.56 Å². The van der Waals surface area contributed by atoms with E-state index in [9.17, 15) is 4.39 Å². The monoisotopic (exact) mass is 295 g/mol. The van der Waals surface area contributed by atoms with Crippen LogP contribution in [-0.2, 0) is 6.54 Å². The fourth-order valence-electron chi connectivity index (χ4n) is 2.90. The third-order valence-corrected chi connectivity index (χ3v) is 4.06. The summed E-state index contributed by atoms with van der Waals surface area (Å²) < 4.78 is 13.5. The van der Waals surface area contributed by atoms with Crippen molar-refractivity contribution in [2.24, 2.45) is 0 Å². The second-order valence-electron chi connectivity index (χ2n) is 5.55. The van der Waals surface area contributed by atoms with Crippen molar-refractivity contribution in [1.29, 1.82) is 5.26 Å². The van der Waals surface area contributed by atoms with Gasteiger partial charge in [-0.3, -0.25) is 4.90 Å². The van der Waals surface area contributed by atoms with Gasteiger partial charge < -0.3 is 5.32 Å². The third kappa shape index (κ3) is 3.33. The quantitative estimate of drug-likeness (QED) is 0.946. The first-order valence-corrected chi connectivity index (χ1v) is 7.45. The van der Waals surface area contributed by atoms with Crippen LogP contribution in [0.5, 0.6) is 0 Å². The lowest BCUT2D eigenvalue weighted by Crippen LogP contribution is -2.45. The normalized spacial score (nSPS) is 18.8. The van der Waals surface area contributed by atoms with E-state index in [0.717, 1.165) is 31.7 Å². The molecule has 2 aromatic carbocycles. The van der Waals surface area contributed by atoms with E-state index >= 15 is 0 Å². The Bertz CT molecular complexity index is 675. The van der Waals surface area contributed by atoms with E-state index in [1.807, 2.05) is 30.3 Å². The fraction of sp³-hybridized carbons (Fsp3) is 0.278. The van der Waals surface area contributed by atoms with Crippen LogP contribution in [0.25, 0.3) is 0 Å². The first-order valence-electron chi connectivity index (χ1n) is 7.45. The SMILES string of the molecule is N#Cc1ccc(CN2CCNCC2c2cccc(F)c2)cc1. The molecule has 1 N–H and O–H groups in total. The molecule has 3 nitrogen and oxygen atoms in total.